The summed E-state index contributed by atoms with van der Waals surface area (Å²) in [7, 11) is 0. The molecule has 0 atom stereocenters. The number of benzene rings is 2. The molecule has 1 aromatic heterocycles. The molecule has 3 aromatic rings. The third-order valence-corrected chi connectivity index (χ3v) is 3.74. The number of aromatic amines is 1. The van der Waals surface area contributed by atoms with Crippen molar-refractivity contribution in [1.82, 2.24) is 15.8 Å². The van der Waals surface area contributed by atoms with Crippen LogP contribution in [0, 0.1) is 6.92 Å². The molecule has 0 aliphatic carbocycles. The molecule has 128 valence electrons. The predicted octanol–water partition coefficient (Wildman–Crippen LogP) is 2.97. The van der Waals surface area contributed by atoms with Gasteiger partial charge >= 0.3 is 0 Å². The third-order valence-electron chi connectivity index (χ3n) is 3.50. The van der Waals surface area contributed by atoms with Gasteiger partial charge in [-0.15, -0.1) is 0 Å². The van der Waals surface area contributed by atoms with Crippen molar-refractivity contribution in [3.63, 3.8) is 0 Å². The Labute approximate surface area is 149 Å². The van der Waals surface area contributed by atoms with Gasteiger partial charge in [0, 0.05) is 15.9 Å². The fourth-order valence-electron chi connectivity index (χ4n) is 2.31. The van der Waals surface area contributed by atoms with E-state index >= 15 is 0 Å². The van der Waals surface area contributed by atoms with Crippen LogP contribution in [0.2, 0.25) is 5.02 Å². The van der Waals surface area contributed by atoms with Crippen LogP contribution >= 0.6 is 11.6 Å². The standard InChI is InChI=1S/C18H16ClN3O3/c1-11-3-2-4-14(7-11)25-10-17(23)21-22-18(24)16-9-12-8-13(19)5-6-15(12)20-16/h2-9,20H,10H2,1H3,(H,21,23)(H,22,24). The zero-order valence-corrected chi connectivity index (χ0v) is 14.2. The molecule has 25 heavy (non-hydrogen) atoms. The Hall–Kier alpha value is -2.99. The lowest BCUT2D eigenvalue weighted by atomic mass is 10.2. The number of fused-ring (bicyclic) bond motifs is 1. The molecular weight excluding hydrogens is 342 g/mol. The summed E-state index contributed by atoms with van der Waals surface area (Å²) < 4.78 is 5.36. The van der Waals surface area contributed by atoms with Crippen molar-refractivity contribution in [2.75, 3.05) is 6.61 Å². The molecule has 0 bridgehead atoms. The van der Waals surface area contributed by atoms with E-state index in [1.165, 1.54) is 0 Å². The van der Waals surface area contributed by atoms with Gasteiger partial charge in [-0.05, 0) is 48.9 Å². The fraction of sp³-hybridized carbons (Fsp3) is 0.111. The van der Waals surface area contributed by atoms with E-state index in [2.05, 4.69) is 15.8 Å². The van der Waals surface area contributed by atoms with Gasteiger partial charge in [0.2, 0.25) is 0 Å². The van der Waals surface area contributed by atoms with Crippen LogP contribution in [0.15, 0.2) is 48.5 Å². The molecule has 7 heteroatoms. The number of hydrazine groups is 1. The van der Waals surface area contributed by atoms with E-state index in [1.54, 1.807) is 30.3 Å². The Morgan fingerprint density at radius 2 is 1.96 bits per heavy atom. The monoisotopic (exact) mass is 357 g/mol. The van der Waals surface area contributed by atoms with Crippen LogP contribution in [-0.4, -0.2) is 23.4 Å². The van der Waals surface area contributed by atoms with Crippen molar-refractivity contribution in [2.45, 2.75) is 6.92 Å². The highest BCUT2D eigenvalue weighted by molar-refractivity contribution is 6.31. The number of carbonyl (C=O) groups is 2. The maximum Gasteiger partial charge on any atom is 0.286 e. The largest absolute Gasteiger partial charge is 0.484 e. The molecule has 0 saturated heterocycles. The molecule has 3 N–H and O–H groups in total. The summed E-state index contributed by atoms with van der Waals surface area (Å²) in [6.45, 7) is 1.73. The molecule has 0 aliphatic heterocycles. The number of amides is 2. The van der Waals surface area contributed by atoms with Crippen LogP contribution in [0.4, 0.5) is 0 Å². The van der Waals surface area contributed by atoms with Crippen molar-refractivity contribution in [3.8, 4) is 5.75 Å². The average molecular weight is 358 g/mol. The molecule has 6 nitrogen and oxygen atoms in total. The summed E-state index contributed by atoms with van der Waals surface area (Å²) in [5.74, 6) is -0.334. The Morgan fingerprint density at radius 1 is 1.12 bits per heavy atom. The minimum atomic E-state index is -0.464. The Kier molecular flexibility index (Phi) is 4.90. The van der Waals surface area contributed by atoms with E-state index in [4.69, 9.17) is 16.3 Å². The minimum Gasteiger partial charge on any atom is -0.484 e. The van der Waals surface area contributed by atoms with Crippen molar-refractivity contribution in [1.29, 1.82) is 0 Å². The summed E-state index contributed by atoms with van der Waals surface area (Å²) in [4.78, 5) is 26.8. The Bertz CT molecular complexity index is 936. The molecule has 0 radical (unpaired) electrons. The maximum absolute atomic E-state index is 12.1. The van der Waals surface area contributed by atoms with Crippen molar-refractivity contribution < 1.29 is 14.3 Å². The lowest BCUT2D eigenvalue weighted by Crippen LogP contribution is -2.43. The lowest BCUT2D eigenvalue weighted by molar-refractivity contribution is -0.123. The molecular formula is C18H16ClN3O3. The van der Waals surface area contributed by atoms with E-state index in [0.29, 0.717) is 16.5 Å². The zero-order chi connectivity index (χ0) is 17.8. The summed E-state index contributed by atoms with van der Waals surface area (Å²) in [6, 6.07) is 14.3. The Morgan fingerprint density at radius 3 is 2.76 bits per heavy atom. The molecule has 0 aliphatic rings. The molecule has 3 rings (SSSR count). The van der Waals surface area contributed by atoms with Crippen LogP contribution in [0.3, 0.4) is 0 Å². The third kappa shape index (κ3) is 4.30. The summed E-state index contributed by atoms with van der Waals surface area (Å²) in [5.41, 5.74) is 6.78. The number of hydrogen-bond acceptors (Lipinski definition) is 3. The zero-order valence-electron chi connectivity index (χ0n) is 13.4. The molecule has 0 saturated carbocycles. The predicted molar refractivity (Wildman–Crippen MR) is 95.6 cm³/mol. The van der Waals surface area contributed by atoms with Gasteiger partial charge in [0.15, 0.2) is 6.61 Å². The van der Waals surface area contributed by atoms with Crippen molar-refractivity contribution >= 4 is 34.3 Å². The van der Waals surface area contributed by atoms with Crippen LogP contribution in [0.5, 0.6) is 5.75 Å². The van der Waals surface area contributed by atoms with Crippen LogP contribution in [0.1, 0.15) is 16.1 Å². The van der Waals surface area contributed by atoms with Gasteiger partial charge in [-0.25, -0.2) is 0 Å². The van der Waals surface area contributed by atoms with Gasteiger partial charge in [-0.3, -0.25) is 20.4 Å². The first kappa shape index (κ1) is 16.9. The molecule has 2 amide bonds. The van der Waals surface area contributed by atoms with E-state index in [9.17, 15) is 9.59 Å². The number of H-pyrrole nitrogens is 1. The highest BCUT2D eigenvalue weighted by Crippen LogP contribution is 2.19. The maximum atomic E-state index is 12.1. The highest BCUT2D eigenvalue weighted by atomic mass is 35.5. The second-order valence-corrected chi connectivity index (χ2v) is 5.96. The van der Waals surface area contributed by atoms with E-state index in [-0.39, 0.29) is 6.61 Å². The summed E-state index contributed by atoms with van der Waals surface area (Å²) in [6.07, 6.45) is 0. The van der Waals surface area contributed by atoms with Crippen molar-refractivity contribution in [2.24, 2.45) is 0 Å². The normalized spacial score (nSPS) is 10.5. The number of aryl methyl sites for hydroxylation is 1. The first-order chi connectivity index (χ1) is 12.0. The topological polar surface area (TPSA) is 83.2 Å². The van der Waals surface area contributed by atoms with Gasteiger partial charge in [-0.2, -0.15) is 0 Å². The first-order valence-corrected chi connectivity index (χ1v) is 7.96. The number of nitrogens with one attached hydrogen (secondary N) is 3. The lowest BCUT2D eigenvalue weighted by Gasteiger charge is -2.08. The highest BCUT2D eigenvalue weighted by Gasteiger charge is 2.11. The number of rotatable bonds is 4. The number of aromatic nitrogens is 1. The quantitative estimate of drug-likeness (QED) is 0.628. The van der Waals surface area contributed by atoms with Crippen LogP contribution < -0.4 is 15.6 Å². The second kappa shape index (κ2) is 7.27. The summed E-state index contributed by atoms with van der Waals surface area (Å²) >= 11 is 5.92. The molecule has 1 heterocycles. The SMILES string of the molecule is Cc1cccc(OCC(=O)NNC(=O)c2cc3cc(Cl)ccc3[nH]2)c1. The van der Waals surface area contributed by atoms with Crippen LogP contribution in [-0.2, 0) is 4.79 Å². The van der Waals surface area contributed by atoms with Gasteiger partial charge in [0.25, 0.3) is 11.8 Å². The fourth-order valence-corrected chi connectivity index (χ4v) is 2.49. The number of halogens is 1. The molecule has 0 unspecified atom stereocenters. The smallest absolute Gasteiger partial charge is 0.286 e. The number of ether oxygens (including phenoxy) is 1. The summed E-state index contributed by atoms with van der Waals surface area (Å²) in [5, 5.41) is 1.40. The van der Waals surface area contributed by atoms with E-state index in [1.807, 2.05) is 25.1 Å². The van der Waals surface area contributed by atoms with Crippen molar-refractivity contribution in [3.05, 3.63) is 64.8 Å². The van der Waals surface area contributed by atoms with Gasteiger partial charge in [0.05, 0.1) is 0 Å². The Balaban J connectivity index is 1.53. The van der Waals surface area contributed by atoms with Gasteiger partial charge in [-0.1, -0.05) is 23.7 Å². The van der Waals surface area contributed by atoms with E-state index in [0.717, 1.165) is 16.5 Å². The average Bonchev–Trinajstić information content (AvgIpc) is 3.01. The van der Waals surface area contributed by atoms with E-state index < -0.39 is 11.8 Å². The van der Waals surface area contributed by atoms with Gasteiger partial charge in [0.1, 0.15) is 11.4 Å². The first-order valence-electron chi connectivity index (χ1n) is 7.58. The second-order valence-electron chi connectivity index (χ2n) is 5.52. The minimum absolute atomic E-state index is 0.202. The number of hydrogen-bond donors (Lipinski definition) is 3. The number of carbonyl (C=O) groups excluding carboxylic acids is 2. The molecule has 0 fully saturated rings. The van der Waals surface area contributed by atoms with Gasteiger partial charge < -0.3 is 9.72 Å². The van der Waals surface area contributed by atoms with Crippen LogP contribution in [0.25, 0.3) is 10.9 Å². The molecule has 2 aromatic carbocycles. The molecule has 0 spiro atoms.